The highest BCUT2D eigenvalue weighted by Gasteiger charge is 2.33. The Labute approximate surface area is 144 Å². The van der Waals surface area contributed by atoms with Crippen LogP contribution < -0.4 is 9.64 Å². The lowest BCUT2D eigenvalue weighted by Crippen LogP contribution is -2.45. The summed E-state index contributed by atoms with van der Waals surface area (Å²) in [7, 11) is 3.79. The van der Waals surface area contributed by atoms with Crippen molar-refractivity contribution in [1.82, 2.24) is 4.98 Å². The molecule has 1 aromatic carbocycles. The van der Waals surface area contributed by atoms with Crippen LogP contribution in [-0.2, 0) is 0 Å². The number of benzene rings is 1. The van der Waals surface area contributed by atoms with Gasteiger partial charge < -0.3 is 9.64 Å². The van der Waals surface area contributed by atoms with E-state index in [0.717, 1.165) is 17.7 Å². The largest absolute Gasteiger partial charge is 0.481 e. The van der Waals surface area contributed by atoms with E-state index in [1.54, 1.807) is 13.3 Å². The van der Waals surface area contributed by atoms with Crippen molar-refractivity contribution in [1.29, 1.82) is 0 Å². The quantitative estimate of drug-likeness (QED) is 0.777. The van der Waals surface area contributed by atoms with Gasteiger partial charge in [0.25, 0.3) is 0 Å². The van der Waals surface area contributed by atoms with Crippen LogP contribution in [0.4, 0.5) is 11.4 Å². The molecule has 1 aliphatic rings. The molecule has 1 aliphatic heterocycles. The Morgan fingerprint density at radius 1 is 1.29 bits per heavy atom. The van der Waals surface area contributed by atoms with Crippen molar-refractivity contribution < 1.29 is 4.74 Å². The Morgan fingerprint density at radius 2 is 2.08 bits per heavy atom. The molecule has 0 unspecified atom stereocenters. The monoisotopic (exact) mass is 323 g/mol. The van der Waals surface area contributed by atoms with E-state index in [2.05, 4.69) is 60.9 Å². The van der Waals surface area contributed by atoms with Gasteiger partial charge in [0.15, 0.2) is 0 Å². The maximum absolute atomic E-state index is 5.07. The van der Waals surface area contributed by atoms with Crippen molar-refractivity contribution in [2.24, 2.45) is 4.99 Å². The van der Waals surface area contributed by atoms with Gasteiger partial charge in [-0.05, 0) is 55.5 Å². The first kappa shape index (κ1) is 16.5. The number of rotatable bonds is 3. The molecule has 4 nitrogen and oxygen atoms in total. The van der Waals surface area contributed by atoms with E-state index in [0.29, 0.717) is 11.8 Å². The second kappa shape index (κ2) is 6.27. The van der Waals surface area contributed by atoms with Crippen LogP contribution in [0.25, 0.3) is 0 Å². The highest BCUT2D eigenvalue weighted by molar-refractivity contribution is 5.83. The van der Waals surface area contributed by atoms with E-state index in [1.807, 2.05) is 18.3 Å². The van der Waals surface area contributed by atoms with Gasteiger partial charge in [-0.3, -0.25) is 4.99 Å². The van der Waals surface area contributed by atoms with E-state index in [4.69, 9.17) is 4.74 Å². The summed E-state index contributed by atoms with van der Waals surface area (Å²) in [4.78, 5) is 11.1. The lowest BCUT2D eigenvalue weighted by molar-refractivity contribution is 0.395. The molecule has 0 amide bonds. The third kappa shape index (κ3) is 3.14. The molecule has 0 spiro atoms. The highest BCUT2D eigenvalue weighted by Crippen LogP contribution is 2.42. The van der Waals surface area contributed by atoms with E-state index >= 15 is 0 Å². The fourth-order valence-corrected chi connectivity index (χ4v) is 3.39. The molecule has 2 aromatic rings. The van der Waals surface area contributed by atoms with Crippen LogP contribution in [0.5, 0.6) is 5.88 Å². The highest BCUT2D eigenvalue weighted by atomic mass is 16.5. The number of hydrogen-bond donors (Lipinski definition) is 0. The molecular formula is C20H25N3O. The molecule has 126 valence electrons. The average Bonchev–Trinajstić information content (AvgIpc) is 2.58. The minimum Gasteiger partial charge on any atom is -0.481 e. The number of pyridine rings is 1. The van der Waals surface area contributed by atoms with Crippen molar-refractivity contribution in [3.05, 3.63) is 47.7 Å². The minimum absolute atomic E-state index is 0.191. The van der Waals surface area contributed by atoms with Gasteiger partial charge in [-0.2, -0.15) is 0 Å². The van der Waals surface area contributed by atoms with Crippen LogP contribution in [0, 0.1) is 0 Å². The summed E-state index contributed by atoms with van der Waals surface area (Å²) < 4.78 is 5.07. The molecule has 24 heavy (non-hydrogen) atoms. The summed E-state index contributed by atoms with van der Waals surface area (Å²) in [5.41, 5.74) is 4.84. The van der Waals surface area contributed by atoms with Gasteiger partial charge in [-0.1, -0.05) is 13.0 Å². The zero-order valence-electron chi connectivity index (χ0n) is 15.1. The summed E-state index contributed by atoms with van der Waals surface area (Å²) >= 11 is 0. The Morgan fingerprint density at radius 3 is 2.75 bits per heavy atom. The van der Waals surface area contributed by atoms with Gasteiger partial charge in [-0.25, -0.2) is 4.98 Å². The van der Waals surface area contributed by atoms with Gasteiger partial charge >= 0.3 is 0 Å². The Kier molecular flexibility index (Phi) is 4.31. The number of anilines is 1. The Hall–Kier alpha value is -2.36. The zero-order chi connectivity index (χ0) is 17.3. The fourth-order valence-electron chi connectivity index (χ4n) is 3.39. The van der Waals surface area contributed by atoms with E-state index < -0.39 is 0 Å². The van der Waals surface area contributed by atoms with Crippen LogP contribution in [0.2, 0.25) is 0 Å². The first-order chi connectivity index (χ1) is 11.4. The van der Waals surface area contributed by atoms with Gasteiger partial charge in [0.2, 0.25) is 5.88 Å². The summed E-state index contributed by atoms with van der Waals surface area (Å²) in [5, 5.41) is 0. The molecule has 4 heteroatoms. The van der Waals surface area contributed by atoms with Crippen LogP contribution in [0.3, 0.4) is 0 Å². The summed E-state index contributed by atoms with van der Waals surface area (Å²) in [6.07, 6.45) is 4.77. The van der Waals surface area contributed by atoms with Gasteiger partial charge in [0.05, 0.1) is 19.0 Å². The lowest BCUT2D eigenvalue weighted by atomic mass is 9.80. The molecule has 2 heterocycles. The Bertz CT molecular complexity index is 750. The molecule has 0 N–H and O–H groups in total. The number of fused-ring (bicyclic) bond motifs is 1. The lowest BCUT2D eigenvalue weighted by Gasteiger charge is -2.45. The van der Waals surface area contributed by atoms with Crippen LogP contribution in [0.1, 0.15) is 44.2 Å². The standard InChI is InChI=1S/C20H25N3O/c1-14-11-20(2,3)23(4)18-8-6-15(10-17(14)18)12-21-16-7-9-19(24-5)22-13-16/h6-10,12-14H,11H2,1-5H3/t14-/m0/s1. The number of methoxy groups -OCH3 is 1. The number of nitrogens with zero attached hydrogens (tertiary/aromatic N) is 3. The second-order valence-electron chi connectivity index (χ2n) is 7.11. The van der Waals surface area contributed by atoms with Crippen LogP contribution in [0.15, 0.2) is 41.5 Å². The predicted molar refractivity (Wildman–Crippen MR) is 100.0 cm³/mol. The Balaban J connectivity index is 1.86. The number of hydrogen-bond acceptors (Lipinski definition) is 4. The number of aromatic nitrogens is 1. The van der Waals surface area contributed by atoms with Crippen molar-refractivity contribution in [3.8, 4) is 5.88 Å². The number of aliphatic imine (C=N–C) groups is 1. The maximum atomic E-state index is 5.07. The van der Waals surface area contributed by atoms with Crippen molar-refractivity contribution in [2.75, 3.05) is 19.1 Å². The second-order valence-corrected chi connectivity index (χ2v) is 7.11. The molecule has 3 rings (SSSR count). The van der Waals surface area contributed by atoms with Gasteiger partial charge in [0.1, 0.15) is 0 Å². The molecule has 0 saturated heterocycles. The van der Waals surface area contributed by atoms with Gasteiger partial charge in [0, 0.05) is 30.6 Å². The van der Waals surface area contributed by atoms with Crippen LogP contribution in [-0.4, -0.2) is 30.9 Å². The van der Waals surface area contributed by atoms with E-state index in [-0.39, 0.29) is 5.54 Å². The molecule has 0 aliphatic carbocycles. The molecule has 1 aromatic heterocycles. The smallest absolute Gasteiger partial charge is 0.213 e. The third-order valence-corrected chi connectivity index (χ3v) is 4.95. The minimum atomic E-state index is 0.191. The van der Waals surface area contributed by atoms with Crippen molar-refractivity contribution >= 4 is 17.6 Å². The summed E-state index contributed by atoms with van der Waals surface area (Å²) in [5.74, 6) is 1.14. The number of ether oxygens (including phenoxy) is 1. The topological polar surface area (TPSA) is 37.7 Å². The van der Waals surface area contributed by atoms with Crippen molar-refractivity contribution in [2.45, 2.75) is 38.6 Å². The molecule has 0 bridgehead atoms. The summed E-state index contributed by atoms with van der Waals surface area (Å²) in [6, 6.07) is 10.3. The molecule has 0 saturated carbocycles. The molecule has 0 radical (unpaired) electrons. The molecule has 1 atom stereocenters. The summed E-state index contributed by atoms with van der Waals surface area (Å²) in [6.45, 7) is 6.92. The van der Waals surface area contributed by atoms with Crippen LogP contribution >= 0.6 is 0 Å². The molecule has 0 fully saturated rings. The van der Waals surface area contributed by atoms with Crippen molar-refractivity contribution in [3.63, 3.8) is 0 Å². The van der Waals surface area contributed by atoms with E-state index in [9.17, 15) is 0 Å². The molecular weight excluding hydrogens is 298 g/mol. The maximum Gasteiger partial charge on any atom is 0.213 e. The predicted octanol–water partition coefficient (Wildman–Crippen LogP) is 4.56. The fraction of sp³-hybridized carbons (Fsp3) is 0.400. The van der Waals surface area contributed by atoms with Gasteiger partial charge in [-0.15, -0.1) is 0 Å². The van der Waals surface area contributed by atoms with E-state index in [1.165, 1.54) is 11.3 Å². The normalized spacial score (nSPS) is 19.4. The third-order valence-electron chi connectivity index (χ3n) is 4.95. The zero-order valence-corrected chi connectivity index (χ0v) is 15.1. The SMILES string of the molecule is COc1ccc(N=Cc2ccc3c(c2)[C@@H](C)CC(C)(C)N3C)cn1. The average molecular weight is 323 g/mol. The first-order valence-corrected chi connectivity index (χ1v) is 8.32. The first-order valence-electron chi connectivity index (χ1n) is 8.32.